The van der Waals surface area contributed by atoms with E-state index in [1.165, 1.54) is 4.90 Å². The summed E-state index contributed by atoms with van der Waals surface area (Å²) in [5.74, 6) is -0.423. The number of morpholine rings is 1. The van der Waals surface area contributed by atoms with Gasteiger partial charge in [-0.05, 0) is 0 Å². The Kier molecular flexibility index (Phi) is 6.41. The first-order valence-corrected chi connectivity index (χ1v) is 6.47. The Morgan fingerprint density at radius 2 is 1.41 bits per heavy atom. The van der Waals surface area contributed by atoms with Crippen molar-refractivity contribution >= 4 is 63.9 Å². The first-order valence-electron chi connectivity index (χ1n) is 4.58. The van der Waals surface area contributed by atoms with Gasteiger partial charge < -0.3 is 9.64 Å². The van der Waals surface area contributed by atoms with E-state index in [9.17, 15) is 4.79 Å². The molecular weight excluding hydrogens is 331 g/mol. The van der Waals surface area contributed by atoms with E-state index in [1.54, 1.807) is 0 Å². The molecule has 17 heavy (non-hydrogen) atoms. The van der Waals surface area contributed by atoms with E-state index in [-0.39, 0.29) is 19.6 Å². The number of carbonyl (C=O) groups excluding carboxylic acids is 1. The molecule has 0 radical (unpaired) electrons. The Bertz CT molecular complexity index is 370. The molecule has 0 aliphatic carbocycles. The standard InChI is InChI=1S/C9H8Cl5NO2/c10-5(6(11)8(13)14)7(12)9(16)15-1-3-17-4-2-15/h1-4H2/b7-5+. The van der Waals surface area contributed by atoms with Gasteiger partial charge in [-0.15, -0.1) is 0 Å². The van der Waals surface area contributed by atoms with Crippen LogP contribution in [0.5, 0.6) is 0 Å². The lowest BCUT2D eigenvalue weighted by Crippen LogP contribution is -2.40. The van der Waals surface area contributed by atoms with E-state index in [4.69, 9.17) is 62.7 Å². The molecule has 0 N–H and O–H groups in total. The van der Waals surface area contributed by atoms with Gasteiger partial charge in [-0.2, -0.15) is 0 Å². The fourth-order valence-electron chi connectivity index (χ4n) is 1.18. The molecule has 0 unspecified atom stereocenters. The van der Waals surface area contributed by atoms with E-state index in [2.05, 4.69) is 0 Å². The van der Waals surface area contributed by atoms with Gasteiger partial charge >= 0.3 is 0 Å². The van der Waals surface area contributed by atoms with Gasteiger partial charge in [0.1, 0.15) is 9.52 Å². The van der Waals surface area contributed by atoms with Gasteiger partial charge in [-0.3, -0.25) is 4.79 Å². The molecule has 8 heteroatoms. The van der Waals surface area contributed by atoms with Crippen LogP contribution < -0.4 is 0 Å². The molecule has 0 aromatic carbocycles. The van der Waals surface area contributed by atoms with Gasteiger partial charge in [0.25, 0.3) is 5.91 Å². The average Bonchev–Trinajstić information content (AvgIpc) is 2.36. The molecule has 3 nitrogen and oxygen atoms in total. The molecule has 0 saturated carbocycles. The highest BCUT2D eigenvalue weighted by Gasteiger charge is 2.23. The van der Waals surface area contributed by atoms with Gasteiger partial charge in [-0.25, -0.2) is 0 Å². The third kappa shape index (κ3) is 4.19. The van der Waals surface area contributed by atoms with Crippen LogP contribution in [0.2, 0.25) is 0 Å². The van der Waals surface area contributed by atoms with Crippen molar-refractivity contribution in [3.8, 4) is 0 Å². The molecule has 1 amide bonds. The van der Waals surface area contributed by atoms with Crippen molar-refractivity contribution in [1.29, 1.82) is 0 Å². The number of allylic oxidation sites excluding steroid dienone is 2. The number of rotatable bonds is 2. The molecule has 0 aromatic rings. The zero-order valence-electron chi connectivity index (χ0n) is 8.48. The van der Waals surface area contributed by atoms with E-state index in [0.29, 0.717) is 26.3 Å². The monoisotopic (exact) mass is 337 g/mol. The van der Waals surface area contributed by atoms with E-state index in [1.807, 2.05) is 0 Å². The van der Waals surface area contributed by atoms with Crippen molar-refractivity contribution < 1.29 is 9.53 Å². The first-order chi connectivity index (χ1) is 7.95. The van der Waals surface area contributed by atoms with Crippen LogP contribution in [0.25, 0.3) is 0 Å². The van der Waals surface area contributed by atoms with Crippen molar-refractivity contribution in [1.82, 2.24) is 4.90 Å². The minimum Gasteiger partial charge on any atom is -0.378 e. The van der Waals surface area contributed by atoms with Gasteiger partial charge in [0.05, 0.1) is 23.3 Å². The van der Waals surface area contributed by atoms with Crippen LogP contribution >= 0.6 is 58.0 Å². The van der Waals surface area contributed by atoms with Crippen molar-refractivity contribution in [3.63, 3.8) is 0 Å². The molecule has 0 bridgehead atoms. The van der Waals surface area contributed by atoms with Crippen molar-refractivity contribution in [2.45, 2.75) is 0 Å². The van der Waals surface area contributed by atoms with Gasteiger partial charge in [-0.1, -0.05) is 58.0 Å². The zero-order valence-corrected chi connectivity index (χ0v) is 12.3. The highest BCUT2D eigenvalue weighted by Crippen LogP contribution is 2.32. The molecule has 96 valence electrons. The second-order valence-corrected chi connectivity index (χ2v) is 5.19. The van der Waals surface area contributed by atoms with E-state index >= 15 is 0 Å². The number of hydrogen-bond donors (Lipinski definition) is 0. The molecular formula is C9H8Cl5NO2. The fraction of sp³-hybridized carbons (Fsp3) is 0.444. The number of carbonyl (C=O) groups is 1. The largest absolute Gasteiger partial charge is 0.378 e. The maximum Gasteiger partial charge on any atom is 0.267 e. The first kappa shape index (κ1) is 15.4. The minimum atomic E-state index is -0.423. The van der Waals surface area contributed by atoms with Crippen molar-refractivity contribution in [2.75, 3.05) is 26.3 Å². The number of ether oxygens (including phenoxy) is 1. The Morgan fingerprint density at radius 1 is 0.882 bits per heavy atom. The van der Waals surface area contributed by atoms with Crippen molar-refractivity contribution in [3.05, 3.63) is 19.6 Å². The second-order valence-electron chi connectivity index (χ2n) is 3.11. The van der Waals surface area contributed by atoms with E-state index < -0.39 is 5.91 Å². The molecule has 0 spiro atoms. The molecule has 1 aliphatic rings. The second kappa shape index (κ2) is 7.07. The number of halogens is 5. The summed E-state index contributed by atoms with van der Waals surface area (Å²) in [6.07, 6.45) is 0. The fourth-order valence-corrected chi connectivity index (χ4v) is 2.00. The van der Waals surface area contributed by atoms with Crippen LogP contribution in [0.3, 0.4) is 0 Å². The summed E-state index contributed by atoms with van der Waals surface area (Å²) in [5.41, 5.74) is 0. The number of nitrogens with zero attached hydrogens (tertiary/aromatic N) is 1. The number of hydrogen-bond acceptors (Lipinski definition) is 2. The maximum absolute atomic E-state index is 11.9. The quantitative estimate of drug-likeness (QED) is 0.570. The maximum atomic E-state index is 11.9. The minimum absolute atomic E-state index is 0.151. The molecule has 1 saturated heterocycles. The van der Waals surface area contributed by atoms with Gasteiger partial charge in [0, 0.05) is 13.1 Å². The molecule has 0 atom stereocenters. The van der Waals surface area contributed by atoms with Crippen LogP contribution in [0.1, 0.15) is 0 Å². The molecule has 0 aromatic heterocycles. The summed E-state index contributed by atoms with van der Waals surface area (Å²) in [6, 6.07) is 0. The zero-order chi connectivity index (χ0) is 13.0. The predicted octanol–water partition coefficient (Wildman–Crippen LogP) is 3.42. The molecule has 1 aliphatic heterocycles. The smallest absolute Gasteiger partial charge is 0.267 e. The van der Waals surface area contributed by atoms with Crippen LogP contribution in [0.4, 0.5) is 0 Å². The summed E-state index contributed by atoms with van der Waals surface area (Å²) in [6.45, 7) is 1.84. The Balaban J connectivity index is 2.87. The Morgan fingerprint density at radius 3 is 1.88 bits per heavy atom. The van der Waals surface area contributed by atoms with Crippen molar-refractivity contribution in [2.24, 2.45) is 0 Å². The lowest BCUT2D eigenvalue weighted by atomic mass is 10.3. The summed E-state index contributed by atoms with van der Waals surface area (Å²) in [5, 5.41) is -0.524. The summed E-state index contributed by atoms with van der Waals surface area (Å²) in [7, 11) is 0. The summed E-state index contributed by atoms with van der Waals surface area (Å²) in [4.78, 5) is 13.4. The third-order valence-electron chi connectivity index (χ3n) is 2.04. The summed E-state index contributed by atoms with van der Waals surface area (Å²) < 4.78 is 4.87. The van der Waals surface area contributed by atoms with Gasteiger partial charge in [0.2, 0.25) is 0 Å². The Hall–Kier alpha value is 0.360. The Labute approximate surface area is 124 Å². The SMILES string of the molecule is O=C(/C(Cl)=C(\Cl)C(Cl)=C(Cl)Cl)N1CCOCC1. The van der Waals surface area contributed by atoms with Gasteiger partial charge in [0.15, 0.2) is 0 Å². The summed E-state index contributed by atoms with van der Waals surface area (Å²) >= 11 is 28.2. The van der Waals surface area contributed by atoms with Crippen LogP contribution in [-0.2, 0) is 9.53 Å². The third-order valence-corrected chi connectivity index (χ3v) is 3.91. The lowest BCUT2D eigenvalue weighted by molar-refractivity contribution is -0.130. The topological polar surface area (TPSA) is 29.5 Å². The van der Waals surface area contributed by atoms with Crippen LogP contribution in [0.15, 0.2) is 19.6 Å². The molecule has 1 rings (SSSR count). The average molecular weight is 339 g/mol. The number of amides is 1. The predicted molar refractivity (Wildman–Crippen MR) is 70.7 cm³/mol. The van der Waals surface area contributed by atoms with E-state index in [0.717, 1.165) is 0 Å². The highest BCUT2D eigenvalue weighted by molar-refractivity contribution is 6.62. The molecule has 1 heterocycles. The lowest BCUT2D eigenvalue weighted by Gasteiger charge is -2.26. The normalized spacial score (nSPS) is 17.6. The van der Waals surface area contributed by atoms with Crippen LogP contribution in [0, 0.1) is 0 Å². The highest BCUT2D eigenvalue weighted by atomic mass is 35.5. The molecule has 1 fully saturated rings. The van der Waals surface area contributed by atoms with Crippen LogP contribution in [-0.4, -0.2) is 37.1 Å².